The SMILES string of the molecule is CCC(C)NC(=O)CN1C(=O)c2cccc(N)c2C1=O. The minimum Gasteiger partial charge on any atom is -0.398 e. The van der Waals surface area contributed by atoms with Crippen molar-refractivity contribution in [2.75, 3.05) is 12.3 Å². The Morgan fingerprint density at radius 3 is 2.65 bits per heavy atom. The molecule has 0 aliphatic carbocycles. The van der Waals surface area contributed by atoms with Gasteiger partial charge < -0.3 is 11.1 Å². The molecule has 2 rings (SSSR count). The first-order chi connectivity index (χ1) is 9.45. The van der Waals surface area contributed by atoms with Crippen LogP contribution in [0.25, 0.3) is 0 Å². The van der Waals surface area contributed by atoms with Crippen LogP contribution in [0.5, 0.6) is 0 Å². The number of carbonyl (C=O) groups is 3. The van der Waals surface area contributed by atoms with Gasteiger partial charge in [-0.3, -0.25) is 19.3 Å². The molecule has 3 N–H and O–H groups in total. The van der Waals surface area contributed by atoms with Gasteiger partial charge in [0.05, 0.1) is 11.1 Å². The highest BCUT2D eigenvalue weighted by Crippen LogP contribution is 2.27. The number of amides is 3. The predicted octanol–water partition coefficient (Wildman–Crippen LogP) is 0.779. The lowest BCUT2D eigenvalue weighted by Gasteiger charge is -2.16. The summed E-state index contributed by atoms with van der Waals surface area (Å²) < 4.78 is 0. The summed E-state index contributed by atoms with van der Waals surface area (Å²) in [6.45, 7) is 3.52. The highest BCUT2D eigenvalue weighted by Gasteiger charge is 2.37. The Bertz CT molecular complexity index is 583. The van der Waals surface area contributed by atoms with Crippen molar-refractivity contribution in [2.24, 2.45) is 0 Å². The van der Waals surface area contributed by atoms with Crippen LogP contribution in [0.1, 0.15) is 41.0 Å². The molecule has 1 heterocycles. The Kier molecular flexibility index (Phi) is 3.74. The third-order valence-electron chi connectivity index (χ3n) is 3.35. The molecule has 1 aliphatic heterocycles. The quantitative estimate of drug-likeness (QED) is 0.627. The molecule has 20 heavy (non-hydrogen) atoms. The molecule has 0 saturated carbocycles. The number of imide groups is 1. The molecule has 1 aliphatic rings. The number of nitrogens with two attached hydrogens (primary N) is 1. The molecule has 1 aromatic carbocycles. The van der Waals surface area contributed by atoms with E-state index in [4.69, 9.17) is 5.73 Å². The lowest BCUT2D eigenvalue weighted by Crippen LogP contribution is -2.43. The van der Waals surface area contributed by atoms with E-state index in [0.29, 0.717) is 0 Å². The van der Waals surface area contributed by atoms with Gasteiger partial charge in [-0.05, 0) is 25.5 Å². The van der Waals surface area contributed by atoms with Crippen molar-refractivity contribution in [1.82, 2.24) is 10.2 Å². The van der Waals surface area contributed by atoms with Crippen LogP contribution < -0.4 is 11.1 Å². The first kappa shape index (κ1) is 14.0. The number of nitrogens with zero attached hydrogens (tertiary/aromatic N) is 1. The maximum atomic E-state index is 12.2. The minimum atomic E-state index is -0.512. The molecule has 0 fully saturated rings. The average molecular weight is 275 g/mol. The zero-order valence-corrected chi connectivity index (χ0v) is 11.5. The molecule has 1 atom stereocenters. The number of benzene rings is 1. The topological polar surface area (TPSA) is 92.5 Å². The van der Waals surface area contributed by atoms with Gasteiger partial charge in [-0.2, -0.15) is 0 Å². The number of carbonyl (C=O) groups excluding carboxylic acids is 3. The van der Waals surface area contributed by atoms with Crippen molar-refractivity contribution in [3.8, 4) is 0 Å². The number of nitrogen functional groups attached to an aromatic ring is 1. The van der Waals surface area contributed by atoms with Crippen molar-refractivity contribution in [2.45, 2.75) is 26.3 Å². The molecule has 0 radical (unpaired) electrons. The molecule has 106 valence electrons. The number of nitrogens with one attached hydrogen (secondary N) is 1. The summed E-state index contributed by atoms with van der Waals surface area (Å²) in [6.07, 6.45) is 0.779. The standard InChI is InChI=1S/C14H17N3O3/c1-3-8(2)16-11(18)7-17-13(19)9-5-4-6-10(15)12(9)14(17)20/h4-6,8H,3,7,15H2,1-2H3,(H,16,18). The van der Waals surface area contributed by atoms with E-state index in [-0.39, 0.29) is 35.3 Å². The maximum absolute atomic E-state index is 12.2. The Morgan fingerprint density at radius 2 is 2.05 bits per heavy atom. The zero-order chi connectivity index (χ0) is 14.9. The van der Waals surface area contributed by atoms with E-state index in [9.17, 15) is 14.4 Å². The van der Waals surface area contributed by atoms with Crippen LogP contribution in [0.15, 0.2) is 18.2 Å². The molecular weight excluding hydrogens is 258 g/mol. The molecule has 0 saturated heterocycles. The van der Waals surface area contributed by atoms with E-state index in [2.05, 4.69) is 5.32 Å². The summed E-state index contributed by atoms with van der Waals surface area (Å²) >= 11 is 0. The van der Waals surface area contributed by atoms with Crippen LogP contribution >= 0.6 is 0 Å². The summed E-state index contributed by atoms with van der Waals surface area (Å²) in [6, 6.07) is 4.72. The summed E-state index contributed by atoms with van der Waals surface area (Å²) in [7, 11) is 0. The first-order valence-electron chi connectivity index (χ1n) is 6.49. The lowest BCUT2D eigenvalue weighted by atomic mass is 10.1. The van der Waals surface area contributed by atoms with Crippen molar-refractivity contribution < 1.29 is 14.4 Å². The second-order valence-electron chi connectivity index (χ2n) is 4.84. The van der Waals surface area contributed by atoms with Gasteiger partial charge in [-0.15, -0.1) is 0 Å². The molecule has 6 heteroatoms. The van der Waals surface area contributed by atoms with E-state index in [1.165, 1.54) is 0 Å². The van der Waals surface area contributed by atoms with Crippen LogP contribution in [-0.4, -0.2) is 35.2 Å². The molecule has 6 nitrogen and oxygen atoms in total. The van der Waals surface area contributed by atoms with E-state index in [1.807, 2.05) is 13.8 Å². The van der Waals surface area contributed by atoms with Crippen LogP contribution in [0.2, 0.25) is 0 Å². The van der Waals surface area contributed by atoms with Crippen molar-refractivity contribution in [3.05, 3.63) is 29.3 Å². The smallest absolute Gasteiger partial charge is 0.264 e. The molecular formula is C14H17N3O3. The number of rotatable bonds is 4. The van der Waals surface area contributed by atoms with Gasteiger partial charge >= 0.3 is 0 Å². The summed E-state index contributed by atoms with van der Waals surface area (Å²) in [5.41, 5.74) is 6.42. The minimum absolute atomic E-state index is 0.00255. The van der Waals surface area contributed by atoms with Gasteiger partial charge in [-0.1, -0.05) is 13.0 Å². The van der Waals surface area contributed by atoms with E-state index >= 15 is 0 Å². The lowest BCUT2D eigenvalue weighted by molar-refractivity contribution is -0.122. The van der Waals surface area contributed by atoms with E-state index in [1.54, 1.807) is 18.2 Å². The normalized spacial score (nSPS) is 15.2. The summed E-state index contributed by atoms with van der Waals surface area (Å²) in [5.74, 6) is -1.34. The fraction of sp³-hybridized carbons (Fsp3) is 0.357. The van der Waals surface area contributed by atoms with Gasteiger partial charge in [0.1, 0.15) is 6.54 Å². The van der Waals surface area contributed by atoms with Gasteiger partial charge in [0.15, 0.2) is 0 Å². The molecule has 0 aromatic heterocycles. The maximum Gasteiger partial charge on any atom is 0.264 e. The summed E-state index contributed by atoms with van der Waals surface area (Å²) in [5, 5.41) is 2.72. The number of hydrogen-bond donors (Lipinski definition) is 2. The molecule has 0 bridgehead atoms. The highest BCUT2D eigenvalue weighted by molar-refractivity contribution is 6.24. The van der Waals surface area contributed by atoms with Gasteiger partial charge in [0.2, 0.25) is 5.91 Å². The van der Waals surface area contributed by atoms with E-state index < -0.39 is 11.8 Å². The predicted molar refractivity (Wildman–Crippen MR) is 74.1 cm³/mol. The van der Waals surface area contributed by atoms with E-state index in [0.717, 1.165) is 11.3 Å². The van der Waals surface area contributed by atoms with Crippen LogP contribution in [0, 0.1) is 0 Å². The zero-order valence-electron chi connectivity index (χ0n) is 11.5. The fourth-order valence-corrected chi connectivity index (χ4v) is 2.07. The third-order valence-corrected chi connectivity index (χ3v) is 3.35. The highest BCUT2D eigenvalue weighted by atomic mass is 16.2. The number of hydrogen-bond acceptors (Lipinski definition) is 4. The summed E-state index contributed by atoms with van der Waals surface area (Å²) in [4.78, 5) is 37.0. The second kappa shape index (κ2) is 5.32. The molecule has 3 amide bonds. The Balaban J connectivity index is 2.17. The van der Waals surface area contributed by atoms with Crippen molar-refractivity contribution >= 4 is 23.4 Å². The Labute approximate surface area is 116 Å². The monoisotopic (exact) mass is 275 g/mol. The molecule has 1 unspecified atom stereocenters. The molecule has 1 aromatic rings. The fourth-order valence-electron chi connectivity index (χ4n) is 2.07. The van der Waals surface area contributed by atoms with Crippen molar-refractivity contribution in [1.29, 1.82) is 0 Å². The van der Waals surface area contributed by atoms with Gasteiger partial charge in [-0.25, -0.2) is 0 Å². The van der Waals surface area contributed by atoms with Crippen LogP contribution in [-0.2, 0) is 4.79 Å². The van der Waals surface area contributed by atoms with Crippen LogP contribution in [0.4, 0.5) is 5.69 Å². The number of fused-ring (bicyclic) bond motifs is 1. The van der Waals surface area contributed by atoms with Gasteiger partial charge in [0.25, 0.3) is 11.8 Å². The number of anilines is 1. The second-order valence-corrected chi connectivity index (χ2v) is 4.84. The van der Waals surface area contributed by atoms with Crippen LogP contribution in [0.3, 0.4) is 0 Å². The van der Waals surface area contributed by atoms with Crippen molar-refractivity contribution in [3.63, 3.8) is 0 Å². The Hall–Kier alpha value is -2.37. The first-order valence-corrected chi connectivity index (χ1v) is 6.49. The van der Waals surface area contributed by atoms with Gasteiger partial charge in [0, 0.05) is 11.7 Å². The average Bonchev–Trinajstić information content (AvgIpc) is 2.65. The largest absolute Gasteiger partial charge is 0.398 e. The molecule has 0 spiro atoms. The Morgan fingerprint density at radius 1 is 1.35 bits per heavy atom. The third kappa shape index (κ3) is 2.36.